The van der Waals surface area contributed by atoms with Crippen LogP contribution in [0.15, 0.2) is 109 Å². The van der Waals surface area contributed by atoms with Crippen LogP contribution in [0.2, 0.25) is 0 Å². The van der Waals surface area contributed by atoms with E-state index in [0.29, 0.717) is 35.7 Å². The molecule has 4 aromatic rings. The number of para-hydroxylation sites is 1. The van der Waals surface area contributed by atoms with E-state index in [1.807, 2.05) is 66.7 Å². The Labute approximate surface area is 199 Å². The molecule has 2 N–H and O–H groups in total. The van der Waals surface area contributed by atoms with Crippen LogP contribution in [0, 0.1) is 0 Å². The highest BCUT2D eigenvalue weighted by Gasteiger charge is 2.14. The highest BCUT2D eigenvalue weighted by Crippen LogP contribution is 2.19. The van der Waals surface area contributed by atoms with Gasteiger partial charge in [-0.2, -0.15) is 0 Å². The Morgan fingerprint density at radius 2 is 1.35 bits per heavy atom. The van der Waals surface area contributed by atoms with E-state index in [0.717, 1.165) is 17.5 Å². The first-order chi connectivity index (χ1) is 16.7. The molecule has 2 amide bonds. The summed E-state index contributed by atoms with van der Waals surface area (Å²) < 4.78 is 5.83. The molecule has 0 fully saturated rings. The Balaban J connectivity index is 1.38. The molecule has 0 unspecified atom stereocenters. The molecular weight excluding hydrogens is 424 g/mol. The Morgan fingerprint density at radius 1 is 0.676 bits per heavy atom. The largest absolute Gasteiger partial charge is 0.489 e. The zero-order valence-corrected chi connectivity index (χ0v) is 18.7. The van der Waals surface area contributed by atoms with Gasteiger partial charge in [0.2, 0.25) is 0 Å². The van der Waals surface area contributed by atoms with Gasteiger partial charge in [0, 0.05) is 12.1 Å². The monoisotopic (exact) mass is 450 g/mol. The second-order valence-electron chi connectivity index (χ2n) is 7.79. The van der Waals surface area contributed by atoms with Crippen LogP contribution in [0.25, 0.3) is 0 Å². The molecular formula is C29H26N2O3. The van der Waals surface area contributed by atoms with Gasteiger partial charge in [-0.3, -0.25) is 9.59 Å². The molecule has 0 radical (unpaired) electrons. The van der Waals surface area contributed by atoms with Crippen molar-refractivity contribution in [3.05, 3.63) is 131 Å². The van der Waals surface area contributed by atoms with E-state index < -0.39 is 0 Å². The Kier molecular flexibility index (Phi) is 7.70. The van der Waals surface area contributed by atoms with E-state index in [-0.39, 0.29) is 11.8 Å². The minimum Gasteiger partial charge on any atom is -0.489 e. The van der Waals surface area contributed by atoms with Gasteiger partial charge in [0.05, 0.1) is 11.3 Å². The predicted octanol–water partition coefficient (Wildman–Crippen LogP) is 5.49. The molecule has 0 atom stereocenters. The van der Waals surface area contributed by atoms with Crippen LogP contribution in [-0.2, 0) is 13.0 Å². The van der Waals surface area contributed by atoms with Gasteiger partial charge in [0.25, 0.3) is 11.8 Å². The summed E-state index contributed by atoms with van der Waals surface area (Å²) in [7, 11) is 0. The van der Waals surface area contributed by atoms with Crippen molar-refractivity contribution in [2.24, 2.45) is 0 Å². The Hall–Kier alpha value is -4.38. The van der Waals surface area contributed by atoms with Crippen molar-refractivity contribution in [2.45, 2.75) is 13.0 Å². The van der Waals surface area contributed by atoms with E-state index in [4.69, 9.17) is 4.74 Å². The third kappa shape index (κ3) is 6.33. The van der Waals surface area contributed by atoms with Gasteiger partial charge in [-0.15, -0.1) is 0 Å². The van der Waals surface area contributed by atoms with Crippen LogP contribution < -0.4 is 15.4 Å². The fraction of sp³-hybridized carbons (Fsp3) is 0.103. The highest BCUT2D eigenvalue weighted by molar-refractivity contribution is 6.09. The van der Waals surface area contributed by atoms with Gasteiger partial charge in [0.1, 0.15) is 12.4 Å². The number of rotatable bonds is 9. The number of nitrogens with one attached hydrogen (secondary N) is 2. The Bertz CT molecular complexity index is 1240. The summed E-state index contributed by atoms with van der Waals surface area (Å²) >= 11 is 0. The fourth-order valence-corrected chi connectivity index (χ4v) is 3.51. The van der Waals surface area contributed by atoms with Crippen molar-refractivity contribution in [3.63, 3.8) is 0 Å². The molecule has 0 bridgehead atoms. The topological polar surface area (TPSA) is 67.4 Å². The molecule has 0 saturated carbocycles. The van der Waals surface area contributed by atoms with Gasteiger partial charge in [-0.1, -0.05) is 78.9 Å². The molecule has 5 nitrogen and oxygen atoms in total. The summed E-state index contributed by atoms with van der Waals surface area (Å²) in [6, 6.07) is 33.8. The first-order valence-corrected chi connectivity index (χ1v) is 11.2. The molecule has 4 aromatic carbocycles. The Morgan fingerprint density at radius 3 is 2.12 bits per heavy atom. The molecule has 0 aromatic heterocycles. The van der Waals surface area contributed by atoms with Gasteiger partial charge >= 0.3 is 0 Å². The van der Waals surface area contributed by atoms with E-state index in [1.54, 1.807) is 42.5 Å². The standard InChI is InChI=1S/C29H26N2O3/c32-28(24-14-9-15-25(20-24)34-21-23-12-5-2-6-13-23)31-27-17-8-7-16-26(27)29(33)30-19-18-22-10-3-1-4-11-22/h1-17,20H,18-19,21H2,(H,30,33)(H,31,32). The van der Waals surface area contributed by atoms with E-state index >= 15 is 0 Å². The van der Waals surface area contributed by atoms with Crippen LogP contribution in [-0.4, -0.2) is 18.4 Å². The first-order valence-electron chi connectivity index (χ1n) is 11.2. The van der Waals surface area contributed by atoms with Gasteiger partial charge < -0.3 is 15.4 Å². The number of amides is 2. The van der Waals surface area contributed by atoms with E-state index in [2.05, 4.69) is 10.6 Å². The van der Waals surface area contributed by atoms with E-state index in [1.165, 1.54) is 0 Å². The number of carbonyl (C=O) groups is 2. The smallest absolute Gasteiger partial charge is 0.255 e. The molecule has 0 heterocycles. The molecule has 5 heteroatoms. The molecule has 0 spiro atoms. The number of hydrogen-bond donors (Lipinski definition) is 2. The maximum Gasteiger partial charge on any atom is 0.255 e. The fourth-order valence-electron chi connectivity index (χ4n) is 3.51. The lowest BCUT2D eigenvalue weighted by molar-refractivity contribution is 0.0955. The molecule has 34 heavy (non-hydrogen) atoms. The van der Waals surface area contributed by atoms with Crippen molar-refractivity contribution in [3.8, 4) is 5.75 Å². The molecule has 0 aliphatic carbocycles. The first kappa shape index (κ1) is 22.8. The van der Waals surface area contributed by atoms with Gasteiger partial charge in [0.15, 0.2) is 0 Å². The van der Waals surface area contributed by atoms with Crippen LogP contribution in [0.1, 0.15) is 31.8 Å². The second-order valence-corrected chi connectivity index (χ2v) is 7.79. The maximum atomic E-state index is 12.9. The summed E-state index contributed by atoms with van der Waals surface area (Å²) in [5.41, 5.74) is 3.52. The normalized spacial score (nSPS) is 10.4. The van der Waals surface area contributed by atoms with Crippen molar-refractivity contribution < 1.29 is 14.3 Å². The molecule has 4 rings (SSSR count). The maximum absolute atomic E-state index is 12.9. The minimum absolute atomic E-state index is 0.230. The lowest BCUT2D eigenvalue weighted by atomic mass is 10.1. The average molecular weight is 451 g/mol. The van der Waals surface area contributed by atoms with E-state index in [9.17, 15) is 9.59 Å². The third-order valence-electron chi connectivity index (χ3n) is 5.31. The van der Waals surface area contributed by atoms with Crippen LogP contribution >= 0.6 is 0 Å². The van der Waals surface area contributed by atoms with Crippen LogP contribution in [0.3, 0.4) is 0 Å². The lowest BCUT2D eigenvalue weighted by Crippen LogP contribution is -2.27. The summed E-state index contributed by atoms with van der Waals surface area (Å²) in [5.74, 6) is 0.0601. The summed E-state index contributed by atoms with van der Waals surface area (Å²) in [6.07, 6.45) is 0.733. The quantitative estimate of drug-likeness (QED) is 0.354. The van der Waals surface area contributed by atoms with Crippen molar-refractivity contribution in [1.29, 1.82) is 0 Å². The van der Waals surface area contributed by atoms with Crippen LogP contribution in [0.5, 0.6) is 5.75 Å². The zero-order valence-electron chi connectivity index (χ0n) is 18.7. The minimum atomic E-state index is -0.310. The number of benzene rings is 4. The second kappa shape index (κ2) is 11.5. The summed E-state index contributed by atoms with van der Waals surface area (Å²) in [5, 5.41) is 5.79. The summed E-state index contributed by atoms with van der Waals surface area (Å²) in [6.45, 7) is 0.920. The third-order valence-corrected chi connectivity index (χ3v) is 5.31. The van der Waals surface area contributed by atoms with Crippen molar-refractivity contribution in [1.82, 2.24) is 5.32 Å². The average Bonchev–Trinajstić information content (AvgIpc) is 2.89. The van der Waals surface area contributed by atoms with Crippen molar-refractivity contribution >= 4 is 17.5 Å². The molecule has 170 valence electrons. The number of ether oxygens (including phenoxy) is 1. The lowest BCUT2D eigenvalue weighted by Gasteiger charge is -2.12. The highest BCUT2D eigenvalue weighted by atomic mass is 16.5. The zero-order chi connectivity index (χ0) is 23.6. The number of carbonyl (C=O) groups excluding carboxylic acids is 2. The predicted molar refractivity (Wildman–Crippen MR) is 134 cm³/mol. The molecule has 0 aliphatic rings. The SMILES string of the molecule is O=C(Nc1ccccc1C(=O)NCCc1ccccc1)c1cccc(OCc2ccccc2)c1. The molecule has 0 aliphatic heterocycles. The van der Waals surface area contributed by atoms with Crippen molar-refractivity contribution in [2.75, 3.05) is 11.9 Å². The van der Waals surface area contributed by atoms with Crippen LogP contribution in [0.4, 0.5) is 5.69 Å². The molecule has 0 saturated heterocycles. The van der Waals surface area contributed by atoms with Gasteiger partial charge in [-0.05, 0) is 47.9 Å². The number of anilines is 1. The number of hydrogen-bond acceptors (Lipinski definition) is 3. The summed E-state index contributed by atoms with van der Waals surface area (Å²) in [4.78, 5) is 25.7. The van der Waals surface area contributed by atoms with Gasteiger partial charge in [-0.25, -0.2) is 0 Å².